The molecule has 4 N–H and O–H groups in total. The highest BCUT2D eigenvalue weighted by molar-refractivity contribution is 5.77. The third-order valence-corrected chi connectivity index (χ3v) is 3.11. The van der Waals surface area contributed by atoms with E-state index < -0.39 is 5.97 Å². The summed E-state index contributed by atoms with van der Waals surface area (Å²) in [5, 5.41) is 15.5. The van der Waals surface area contributed by atoms with Gasteiger partial charge in [0.25, 0.3) is 0 Å². The Bertz CT molecular complexity index is 573. The number of carbonyl (C=O) groups is 1. The molecule has 0 aliphatic carbocycles. The number of benzene rings is 1. The van der Waals surface area contributed by atoms with Crippen LogP contribution in [0.3, 0.4) is 0 Å². The number of nitrogens with one attached hydrogen (secondary N) is 1. The van der Waals surface area contributed by atoms with E-state index in [1.165, 1.54) is 5.56 Å². The maximum absolute atomic E-state index is 10.6. The first kappa shape index (κ1) is 13.1. The molecule has 19 heavy (non-hydrogen) atoms. The van der Waals surface area contributed by atoms with Crippen LogP contribution in [0.4, 0.5) is 5.82 Å². The summed E-state index contributed by atoms with van der Waals surface area (Å²) < 4.78 is 0. The lowest BCUT2D eigenvalue weighted by Crippen LogP contribution is -1.99. The van der Waals surface area contributed by atoms with Gasteiger partial charge in [-0.15, -0.1) is 0 Å². The molecule has 0 aliphatic heterocycles. The van der Waals surface area contributed by atoms with Gasteiger partial charge in [0.05, 0.1) is 6.42 Å². The standard InChI is InChI=1S/C14H17N3O2/c1-2-9-3-5-10(6-4-9)13-11(7-8-12(18)19)16-17-14(13)15/h3-6H,2,7-8H2,1H3,(H,18,19)(H3,15,16,17). The number of H-pyrrole nitrogens is 1. The maximum atomic E-state index is 10.6. The van der Waals surface area contributed by atoms with Crippen LogP contribution in [-0.2, 0) is 17.6 Å². The van der Waals surface area contributed by atoms with Gasteiger partial charge in [0.2, 0.25) is 0 Å². The largest absolute Gasteiger partial charge is 0.481 e. The van der Waals surface area contributed by atoms with E-state index in [1.807, 2.05) is 24.3 Å². The third kappa shape index (κ3) is 2.93. The van der Waals surface area contributed by atoms with Crippen LogP contribution < -0.4 is 5.73 Å². The number of nitrogen functional groups attached to an aromatic ring is 1. The Morgan fingerprint density at radius 1 is 1.37 bits per heavy atom. The molecule has 1 aromatic carbocycles. The number of anilines is 1. The molecule has 0 saturated carbocycles. The van der Waals surface area contributed by atoms with Crippen LogP contribution in [0.2, 0.25) is 0 Å². The smallest absolute Gasteiger partial charge is 0.303 e. The number of nitrogens with zero attached hydrogens (tertiary/aromatic N) is 1. The van der Waals surface area contributed by atoms with Crippen molar-refractivity contribution in [3.63, 3.8) is 0 Å². The van der Waals surface area contributed by atoms with Gasteiger partial charge in [0.1, 0.15) is 0 Å². The molecule has 0 fully saturated rings. The molecule has 5 heteroatoms. The number of nitrogens with two attached hydrogens (primary N) is 1. The summed E-state index contributed by atoms with van der Waals surface area (Å²) >= 11 is 0. The second kappa shape index (κ2) is 5.56. The van der Waals surface area contributed by atoms with E-state index in [4.69, 9.17) is 10.8 Å². The summed E-state index contributed by atoms with van der Waals surface area (Å²) in [7, 11) is 0. The summed E-state index contributed by atoms with van der Waals surface area (Å²) in [6, 6.07) is 8.07. The first-order chi connectivity index (χ1) is 9.11. The van der Waals surface area contributed by atoms with E-state index in [9.17, 15) is 4.79 Å². The van der Waals surface area contributed by atoms with Gasteiger partial charge in [-0.1, -0.05) is 31.2 Å². The van der Waals surface area contributed by atoms with Crippen molar-refractivity contribution in [3.05, 3.63) is 35.5 Å². The van der Waals surface area contributed by atoms with Crippen molar-refractivity contribution in [2.45, 2.75) is 26.2 Å². The average molecular weight is 259 g/mol. The van der Waals surface area contributed by atoms with E-state index >= 15 is 0 Å². The van der Waals surface area contributed by atoms with E-state index in [1.54, 1.807) is 0 Å². The first-order valence-electron chi connectivity index (χ1n) is 6.25. The zero-order valence-electron chi connectivity index (χ0n) is 10.8. The predicted molar refractivity (Wildman–Crippen MR) is 73.8 cm³/mol. The Balaban J connectivity index is 2.31. The lowest BCUT2D eigenvalue weighted by Gasteiger charge is -2.05. The average Bonchev–Trinajstić information content (AvgIpc) is 2.78. The zero-order valence-corrected chi connectivity index (χ0v) is 10.8. The van der Waals surface area contributed by atoms with Crippen LogP contribution in [0.5, 0.6) is 0 Å². The fourth-order valence-electron chi connectivity index (χ4n) is 2.04. The fraction of sp³-hybridized carbons (Fsp3) is 0.286. The number of aliphatic carboxylic acids is 1. The molecule has 1 heterocycles. The molecular weight excluding hydrogens is 242 g/mol. The zero-order chi connectivity index (χ0) is 13.8. The Morgan fingerprint density at radius 2 is 2.05 bits per heavy atom. The van der Waals surface area contributed by atoms with Gasteiger partial charge in [0.15, 0.2) is 5.82 Å². The molecule has 0 saturated heterocycles. The van der Waals surface area contributed by atoms with E-state index in [0.717, 1.165) is 23.2 Å². The normalized spacial score (nSPS) is 10.6. The summed E-state index contributed by atoms with van der Waals surface area (Å²) in [6.07, 6.45) is 1.43. The minimum absolute atomic E-state index is 0.0572. The van der Waals surface area contributed by atoms with Crippen LogP contribution in [0.15, 0.2) is 24.3 Å². The summed E-state index contributed by atoms with van der Waals surface area (Å²) in [5.41, 5.74) is 9.65. The number of aryl methyl sites for hydroxylation is 2. The SMILES string of the molecule is CCc1ccc(-c2c(N)n[nH]c2CCC(=O)O)cc1. The van der Waals surface area contributed by atoms with Crippen LogP contribution in [0.1, 0.15) is 24.6 Å². The molecule has 0 unspecified atom stereocenters. The van der Waals surface area contributed by atoms with Gasteiger partial charge in [-0.3, -0.25) is 9.89 Å². The predicted octanol–water partition coefficient (Wildman–Crippen LogP) is 2.24. The maximum Gasteiger partial charge on any atom is 0.303 e. The van der Waals surface area contributed by atoms with Crippen LogP contribution in [0, 0.1) is 0 Å². The van der Waals surface area contributed by atoms with Crippen LogP contribution >= 0.6 is 0 Å². The molecule has 0 bridgehead atoms. The van der Waals surface area contributed by atoms with E-state index in [2.05, 4.69) is 17.1 Å². The Labute approximate surface area is 111 Å². The van der Waals surface area contributed by atoms with Crippen molar-refractivity contribution in [3.8, 4) is 11.1 Å². The highest BCUT2D eigenvalue weighted by atomic mass is 16.4. The second-order valence-electron chi connectivity index (χ2n) is 4.41. The number of rotatable bonds is 5. The molecule has 0 atom stereocenters. The quantitative estimate of drug-likeness (QED) is 0.767. The lowest BCUT2D eigenvalue weighted by atomic mass is 10.0. The molecule has 2 rings (SSSR count). The Kier molecular flexibility index (Phi) is 3.85. The minimum atomic E-state index is -0.833. The number of carboxylic acids is 1. The number of aromatic amines is 1. The fourth-order valence-corrected chi connectivity index (χ4v) is 2.04. The van der Waals surface area contributed by atoms with E-state index in [0.29, 0.717) is 12.2 Å². The third-order valence-electron chi connectivity index (χ3n) is 3.11. The van der Waals surface area contributed by atoms with Gasteiger partial charge in [-0.05, 0) is 17.5 Å². The van der Waals surface area contributed by atoms with Crippen molar-refractivity contribution in [2.75, 3.05) is 5.73 Å². The van der Waals surface area contributed by atoms with Crippen LogP contribution in [0.25, 0.3) is 11.1 Å². The van der Waals surface area contributed by atoms with Crippen molar-refractivity contribution in [2.24, 2.45) is 0 Å². The van der Waals surface area contributed by atoms with Crippen molar-refractivity contribution >= 4 is 11.8 Å². The molecule has 1 aromatic heterocycles. The van der Waals surface area contributed by atoms with Gasteiger partial charge < -0.3 is 10.8 Å². The summed E-state index contributed by atoms with van der Waals surface area (Å²) in [5.74, 6) is -0.426. The number of hydrogen-bond donors (Lipinski definition) is 3. The topological polar surface area (TPSA) is 92.0 Å². The number of carboxylic acid groups (broad SMARTS) is 1. The van der Waals surface area contributed by atoms with Crippen molar-refractivity contribution in [1.29, 1.82) is 0 Å². The van der Waals surface area contributed by atoms with Crippen molar-refractivity contribution < 1.29 is 9.90 Å². The Hall–Kier alpha value is -2.30. The molecule has 0 spiro atoms. The number of hydrogen-bond acceptors (Lipinski definition) is 3. The van der Waals surface area contributed by atoms with Crippen molar-refractivity contribution in [1.82, 2.24) is 10.2 Å². The molecule has 0 amide bonds. The first-order valence-corrected chi connectivity index (χ1v) is 6.25. The highest BCUT2D eigenvalue weighted by Gasteiger charge is 2.13. The number of aromatic nitrogens is 2. The van der Waals surface area contributed by atoms with Gasteiger partial charge in [0, 0.05) is 17.7 Å². The summed E-state index contributed by atoms with van der Waals surface area (Å²) in [6.45, 7) is 2.10. The highest BCUT2D eigenvalue weighted by Crippen LogP contribution is 2.28. The Morgan fingerprint density at radius 3 is 2.63 bits per heavy atom. The second-order valence-corrected chi connectivity index (χ2v) is 4.41. The van der Waals surface area contributed by atoms with Gasteiger partial charge in [-0.25, -0.2) is 0 Å². The van der Waals surface area contributed by atoms with E-state index in [-0.39, 0.29) is 6.42 Å². The monoisotopic (exact) mass is 259 g/mol. The van der Waals surface area contributed by atoms with Gasteiger partial charge in [-0.2, -0.15) is 5.10 Å². The molecule has 0 aliphatic rings. The summed E-state index contributed by atoms with van der Waals surface area (Å²) in [4.78, 5) is 10.6. The van der Waals surface area contributed by atoms with Crippen LogP contribution in [-0.4, -0.2) is 21.3 Å². The molecule has 5 nitrogen and oxygen atoms in total. The molecular formula is C14H17N3O2. The lowest BCUT2D eigenvalue weighted by molar-refractivity contribution is -0.136. The minimum Gasteiger partial charge on any atom is -0.481 e. The molecule has 0 radical (unpaired) electrons. The molecule has 2 aromatic rings. The van der Waals surface area contributed by atoms with Gasteiger partial charge >= 0.3 is 5.97 Å². The molecule has 100 valence electrons.